The van der Waals surface area contributed by atoms with Crippen molar-refractivity contribution in [3.8, 4) is 17.2 Å². The lowest BCUT2D eigenvalue weighted by molar-refractivity contribution is -0.130. The average molecular weight is 352 g/mol. The van der Waals surface area contributed by atoms with Gasteiger partial charge in [-0.25, -0.2) is 5.43 Å². The fourth-order valence-corrected chi connectivity index (χ4v) is 3.23. The number of amides is 1. The molecule has 1 N–H and O–H groups in total. The molecule has 1 heterocycles. The highest BCUT2D eigenvalue weighted by Crippen LogP contribution is 2.31. The SMILES string of the molecule is COc1ccc2c(c1)CCCC2=NNC(=O)[C@H]1COc2ccccc2O1. The summed E-state index contributed by atoms with van der Waals surface area (Å²) in [6.07, 6.45) is 2.08. The molecule has 0 saturated heterocycles. The van der Waals surface area contributed by atoms with Crippen LogP contribution in [0.1, 0.15) is 24.0 Å². The van der Waals surface area contributed by atoms with E-state index in [-0.39, 0.29) is 12.5 Å². The molecule has 0 unspecified atom stereocenters. The van der Waals surface area contributed by atoms with Gasteiger partial charge in [-0.05, 0) is 55.2 Å². The van der Waals surface area contributed by atoms with Crippen LogP contribution in [0.15, 0.2) is 47.6 Å². The number of nitrogens with one attached hydrogen (secondary N) is 1. The highest BCUT2D eigenvalue weighted by molar-refractivity contribution is 6.03. The van der Waals surface area contributed by atoms with Crippen LogP contribution in [0.4, 0.5) is 0 Å². The predicted octanol–water partition coefficient (Wildman–Crippen LogP) is 2.69. The topological polar surface area (TPSA) is 69.2 Å². The number of aryl methyl sites for hydroxylation is 1. The number of fused-ring (bicyclic) bond motifs is 2. The van der Waals surface area contributed by atoms with E-state index in [1.165, 1.54) is 5.56 Å². The molecule has 6 heteroatoms. The van der Waals surface area contributed by atoms with Gasteiger partial charge >= 0.3 is 0 Å². The fraction of sp³-hybridized carbons (Fsp3) is 0.300. The van der Waals surface area contributed by atoms with Gasteiger partial charge in [0.2, 0.25) is 6.10 Å². The zero-order chi connectivity index (χ0) is 17.9. The van der Waals surface area contributed by atoms with Gasteiger partial charge in [-0.1, -0.05) is 12.1 Å². The van der Waals surface area contributed by atoms with Gasteiger partial charge in [-0.15, -0.1) is 0 Å². The highest BCUT2D eigenvalue weighted by Gasteiger charge is 2.27. The van der Waals surface area contributed by atoms with Crippen molar-refractivity contribution >= 4 is 11.6 Å². The summed E-state index contributed by atoms with van der Waals surface area (Å²) in [5.41, 5.74) is 5.76. The predicted molar refractivity (Wildman–Crippen MR) is 97.0 cm³/mol. The summed E-state index contributed by atoms with van der Waals surface area (Å²) >= 11 is 0. The normalized spacial score (nSPS) is 19.6. The summed E-state index contributed by atoms with van der Waals surface area (Å²) in [6, 6.07) is 13.2. The molecular formula is C20H20N2O4. The summed E-state index contributed by atoms with van der Waals surface area (Å²) in [5.74, 6) is 1.74. The van der Waals surface area contributed by atoms with Crippen molar-refractivity contribution < 1.29 is 19.0 Å². The van der Waals surface area contributed by atoms with Crippen molar-refractivity contribution in [2.75, 3.05) is 13.7 Å². The monoisotopic (exact) mass is 352 g/mol. The molecule has 1 aliphatic carbocycles. The number of rotatable bonds is 3. The Morgan fingerprint density at radius 3 is 2.88 bits per heavy atom. The average Bonchev–Trinajstić information content (AvgIpc) is 2.71. The van der Waals surface area contributed by atoms with Crippen LogP contribution in [-0.2, 0) is 11.2 Å². The zero-order valence-corrected chi connectivity index (χ0v) is 14.5. The molecular weight excluding hydrogens is 332 g/mol. The third kappa shape index (κ3) is 3.22. The summed E-state index contributed by atoms with van der Waals surface area (Å²) in [7, 11) is 1.66. The van der Waals surface area contributed by atoms with Gasteiger partial charge in [0.1, 0.15) is 12.4 Å². The smallest absolute Gasteiger partial charge is 0.284 e. The second-order valence-corrected chi connectivity index (χ2v) is 6.28. The summed E-state index contributed by atoms with van der Waals surface area (Å²) in [4.78, 5) is 12.4. The first kappa shape index (κ1) is 16.4. The van der Waals surface area contributed by atoms with E-state index in [2.05, 4.69) is 10.5 Å². The maximum absolute atomic E-state index is 12.4. The van der Waals surface area contributed by atoms with Crippen molar-refractivity contribution in [2.24, 2.45) is 5.10 Å². The summed E-state index contributed by atoms with van der Waals surface area (Å²) in [6.45, 7) is 0.168. The van der Waals surface area contributed by atoms with Crippen LogP contribution in [0.2, 0.25) is 0 Å². The Labute approximate surface area is 151 Å². The van der Waals surface area contributed by atoms with Crippen LogP contribution in [0.3, 0.4) is 0 Å². The number of hydrogen-bond donors (Lipinski definition) is 1. The van der Waals surface area contributed by atoms with Crippen molar-refractivity contribution in [1.82, 2.24) is 5.43 Å². The lowest BCUT2D eigenvalue weighted by atomic mass is 9.90. The largest absolute Gasteiger partial charge is 0.497 e. The molecule has 26 heavy (non-hydrogen) atoms. The van der Waals surface area contributed by atoms with E-state index >= 15 is 0 Å². The van der Waals surface area contributed by atoms with Crippen LogP contribution >= 0.6 is 0 Å². The number of carbonyl (C=O) groups excluding carboxylic acids is 1. The van der Waals surface area contributed by atoms with Gasteiger partial charge in [0.15, 0.2) is 11.5 Å². The number of hydrazone groups is 1. The van der Waals surface area contributed by atoms with Gasteiger partial charge in [-0.3, -0.25) is 4.79 Å². The van der Waals surface area contributed by atoms with E-state index in [1.54, 1.807) is 13.2 Å². The standard InChI is InChI=1S/C20H20N2O4/c1-24-14-9-10-15-13(11-14)5-4-6-16(15)21-22-20(23)19-12-25-17-7-2-3-8-18(17)26-19/h2-3,7-11,19H,4-6,12H2,1H3,(H,22,23)/t19-/m1/s1. The minimum absolute atomic E-state index is 0.168. The van der Waals surface area contributed by atoms with Gasteiger partial charge in [-0.2, -0.15) is 5.10 Å². The molecule has 2 aromatic carbocycles. The molecule has 2 aromatic rings. The Morgan fingerprint density at radius 1 is 1.19 bits per heavy atom. The summed E-state index contributed by atoms with van der Waals surface area (Å²) in [5, 5.41) is 4.35. The Kier molecular flexibility index (Phi) is 4.48. The number of ether oxygens (including phenoxy) is 3. The minimum Gasteiger partial charge on any atom is -0.497 e. The third-order valence-electron chi connectivity index (χ3n) is 4.59. The molecule has 0 radical (unpaired) electrons. The quantitative estimate of drug-likeness (QED) is 0.863. The van der Waals surface area contributed by atoms with Crippen LogP contribution < -0.4 is 19.6 Å². The number of methoxy groups -OCH3 is 1. The molecule has 1 aliphatic heterocycles. The number of hydrogen-bond acceptors (Lipinski definition) is 5. The lowest BCUT2D eigenvalue weighted by Crippen LogP contribution is -2.42. The number of benzene rings is 2. The highest BCUT2D eigenvalue weighted by atomic mass is 16.6. The second kappa shape index (κ2) is 7.07. The third-order valence-corrected chi connectivity index (χ3v) is 4.59. The second-order valence-electron chi connectivity index (χ2n) is 6.28. The molecule has 0 aromatic heterocycles. The van der Waals surface area contributed by atoms with Gasteiger partial charge in [0.25, 0.3) is 5.91 Å². The Bertz CT molecular complexity index is 863. The van der Waals surface area contributed by atoms with E-state index in [9.17, 15) is 4.79 Å². The molecule has 134 valence electrons. The van der Waals surface area contributed by atoms with Crippen LogP contribution in [0, 0.1) is 0 Å². The molecule has 1 amide bonds. The van der Waals surface area contributed by atoms with Gasteiger partial charge < -0.3 is 14.2 Å². The molecule has 6 nitrogen and oxygen atoms in total. The number of para-hydroxylation sites is 2. The van der Waals surface area contributed by atoms with Gasteiger partial charge in [0, 0.05) is 5.56 Å². The van der Waals surface area contributed by atoms with E-state index < -0.39 is 6.10 Å². The zero-order valence-electron chi connectivity index (χ0n) is 14.5. The molecule has 0 spiro atoms. The molecule has 4 rings (SSSR count). The number of nitrogens with zero attached hydrogens (tertiary/aromatic N) is 1. The van der Waals surface area contributed by atoms with Crippen molar-refractivity contribution in [3.05, 3.63) is 53.6 Å². The van der Waals surface area contributed by atoms with Gasteiger partial charge in [0.05, 0.1) is 12.8 Å². The van der Waals surface area contributed by atoms with E-state index in [1.807, 2.05) is 36.4 Å². The fourth-order valence-electron chi connectivity index (χ4n) is 3.23. The van der Waals surface area contributed by atoms with E-state index in [4.69, 9.17) is 14.2 Å². The van der Waals surface area contributed by atoms with E-state index in [0.717, 1.165) is 36.3 Å². The minimum atomic E-state index is -0.715. The first-order chi connectivity index (χ1) is 12.7. The lowest BCUT2D eigenvalue weighted by Gasteiger charge is -2.25. The van der Waals surface area contributed by atoms with Crippen LogP contribution in [-0.4, -0.2) is 31.4 Å². The Hall–Kier alpha value is -3.02. The Morgan fingerprint density at radius 2 is 2.04 bits per heavy atom. The first-order valence-electron chi connectivity index (χ1n) is 8.67. The van der Waals surface area contributed by atoms with E-state index in [0.29, 0.717) is 11.5 Å². The first-order valence-corrected chi connectivity index (χ1v) is 8.67. The maximum Gasteiger partial charge on any atom is 0.284 e. The Balaban J connectivity index is 1.47. The van der Waals surface area contributed by atoms with Crippen molar-refractivity contribution in [2.45, 2.75) is 25.4 Å². The van der Waals surface area contributed by atoms with Crippen LogP contribution in [0.25, 0.3) is 0 Å². The van der Waals surface area contributed by atoms with Crippen LogP contribution in [0.5, 0.6) is 17.2 Å². The molecule has 0 fully saturated rings. The molecule has 0 bridgehead atoms. The van der Waals surface area contributed by atoms with Crippen molar-refractivity contribution in [3.63, 3.8) is 0 Å². The maximum atomic E-state index is 12.4. The summed E-state index contributed by atoms with van der Waals surface area (Å²) < 4.78 is 16.6. The molecule has 2 aliphatic rings. The molecule has 0 saturated carbocycles. The molecule has 1 atom stereocenters. The number of carbonyl (C=O) groups is 1. The van der Waals surface area contributed by atoms with Crippen molar-refractivity contribution in [1.29, 1.82) is 0 Å².